The fraction of sp³-hybridized carbons (Fsp3) is 0.500. The van der Waals surface area contributed by atoms with Crippen LogP contribution in [0.1, 0.15) is 68.6 Å². The molecule has 0 heterocycles. The van der Waals surface area contributed by atoms with Crippen LogP contribution in [0.5, 0.6) is 0 Å². The lowest BCUT2D eigenvalue weighted by Crippen LogP contribution is -2.14. The monoisotopic (exact) mass is 374 g/mol. The molecule has 0 N–H and O–H groups in total. The molecule has 3 heteroatoms. The minimum absolute atomic E-state index is 0.592. The van der Waals surface area contributed by atoms with Crippen LogP contribution in [0.15, 0.2) is 42.5 Å². The van der Waals surface area contributed by atoms with Gasteiger partial charge in [0.2, 0.25) is 0 Å². The molecule has 0 fully saturated rings. The largest absolute Gasteiger partial charge is 0.416 e. The highest BCUT2D eigenvalue weighted by Crippen LogP contribution is 2.34. The highest BCUT2D eigenvalue weighted by atomic mass is 19.4. The first-order chi connectivity index (χ1) is 13.0. The highest BCUT2D eigenvalue weighted by Gasteiger charge is 2.30. The van der Waals surface area contributed by atoms with Crippen molar-refractivity contribution in [2.24, 2.45) is 5.92 Å². The molecule has 146 valence electrons. The van der Waals surface area contributed by atoms with Crippen molar-refractivity contribution >= 4 is 0 Å². The molecule has 1 unspecified atom stereocenters. The lowest BCUT2D eigenvalue weighted by Gasteiger charge is -2.25. The van der Waals surface area contributed by atoms with E-state index in [1.165, 1.54) is 68.2 Å². The van der Waals surface area contributed by atoms with Crippen LogP contribution in [0.3, 0.4) is 0 Å². The molecule has 0 spiro atoms. The minimum atomic E-state index is -4.28. The van der Waals surface area contributed by atoms with E-state index in [0.29, 0.717) is 0 Å². The summed E-state index contributed by atoms with van der Waals surface area (Å²) in [6, 6.07) is 11.9. The van der Waals surface area contributed by atoms with Gasteiger partial charge in [-0.05, 0) is 59.6 Å². The molecule has 0 radical (unpaired) electrons. The van der Waals surface area contributed by atoms with Gasteiger partial charge in [0, 0.05) is 0 Å². The summed E-state index contributed by atoms with van der Waals surface area (Å²) < 4.78 is 38.2. The zero-order valence-corrected chi connectivity index (χ0v) is 16.1. The summed E-state index contributed by atoms with van der Waals surface area (Å²) >= 11 is 0. The van der Waals surface area contributed by atoms with E-state index in [0.717, 1.165) is 29.9 Å². The molecular weight excluding hydrogens is 345 g/mol. The van der Waals surface area contributed by atoms with Gasteiger partial charge in [0.1, 0.15) is 0 Å². The van der Waals surface area contributed by atoms with Crippen molar-refractivity contribution in [3.8, 4) is 11.1 Å². The Morgan fingerprint density at radius 3 is 2.26 bits per heavy atom. The molecule has 0 saturated carbocycles. The summed E-state index contributed by atoms with van der Waals surface area (Å²) in [7, 11) is 0. The molecule has 27 heavy (non-hydrogen) atoms. The number of halogens is 3. The fourth-order valence-electron chi connectivity index (χ4n) is 4.14. The number of rotatable bonds is 7. The predicted octanol–water partition coefficient (Wildman–Crippen LogP) is 7.84. The van der Waals surface area contributed by atoms with E-state index in [-0.39, 0.29) is 0 Å². The summed E-state index contributed by atoms with van der Waals surface area (Å²) in [6.45, 7) is 2.25. The Morgan fingerprint density at radius 2 is 1.56 bits per heavy atom. The molecule has 0 saturated heterocycles. The van der Waals surface area contributed by atoms with Crippen LogP contribution < -0.4 is 0 Å². The van der Waals surface area contributed by atoms with Gasteiger partial charge in [0.15, 0.2) is 0 Å². The Morgan fingerprint density at radius 1 is 0.852 bits per heavy atom. The zero-order chi connectivity index (χ0) is 19.3. The third-order valence-electron chi connectivity index (χ3n) is 5.80. The number of alkyl halides is 3. The predicted molar refractivity (Wildman–Crippen MR) is 106 cm³/mol. The first-order valence-corrected chi connectivity index (χ1v) is 10.3. The van der Waals surface area contributed by atoms with Crippen molar-refractivity contribution in [3.63, 3.8) is 0 Å². The maximum atomic E-state index is 12.7. The Bertz CT molecular complexity index is 728. The molecule has 1 aliphatic rings. The first-order valence-electron chi connectivity index (χ1n) is 10.3. The molecule has 0 aromatic heterocycles. The number of hydrogen-bond acceptors (Lipinski definition) is 0. The number of hydrogen-bond donors (Lipinski definition) is 0. The van der Waals surface area contributed by atoms with Crippen LogP contribution >= 0.6 is 0 Å². The summed E-state index contributed by atoms with van der Waals surface area (Å²) in [4.78, 5) is 0. The quantitative estimate of drug-likeness (QED) is 0.433. The second-order valence-corrected chi connectivity index (χ2v) is 7.87. The lowest BCUT2D eigenvalue weighted by atomic mass is 9.80. The van der Waals surface area contributed by atoms with E-state index < -0.39 is 11.7 Å². The second kappa shape index (κ2) is 8.95. The van der Waals surface area contributed by atoms with Gasteiger partial charge in [-0.1, -0.05) is 75.8 Å². The zero-order valence-electron chi connectivity index (χ0n) is 16.1. The Kier molecular flexibility index (Phi) is 6.62. The van der Waals surface area contributed by atoms with Gasteiger partial charge in [-0.3, -0.25) is 0 Å². The average Bonchev–Trinajstić information content (AvgIpc) is 2.67. The molecule has 0 aliphatic heterocycles. The molecule has 0 bridgehead atoms. The van der Waals surface area contributed by atoms with Crippen molar-refractivity contribution in [2.75, 3.05) is 0 Å². The highest BCUT2D eigenvalue weighted by molar-refractivity contribution is 5.65. The van der Waals surface area contributed by atoms with Gasteiger partial charge in [-0.25, -0.2) is 0 Å². The van der Waals surface area contributed by atoms with Crippen LogP contribution in [-0.4, -0.2) is 0 Å². The smallest absolute Gasteiger partial charge is 0.166 e. The molecular formula is C24H29F3. The van der Waals surface area contributed by atoms with Gasteiger partial charge < -0.3 is 0 Å². The van der Waals surface area contributed by atoms with Crippen molar-refractivity contribution < 1.29 is 13.2 Å². The van der Waals surface area contributed by atoms with Gasteiger partial charge in [-0.2, -0.15) is 13.2 Å². The Hall–Kier alpha value is -1.77. The van der Waals surface area contributed by atoms with E-state index in [4.69, 9.17) is 0 Å². The van der Waals surface area contributed by atoms with Crippen LogP contribution in [0.2, 0.25) is 0 Å². The van der Waals surface area contributed by atoms with Crippen LogP contribution in [-0.2, 0) is 19.0 Å². The molecule has 1 aliphatic carbocycles. The van der Waals surface area contributed by atoms with E-state index in [1.54, 1.807) is 12.1 Å². The van der Waals surface area contributed by atoms with Crippen molar-refractivity contribution in [3.05, 3.63) is 59.2 Å². The summed E-state index contributed by atoms with van der Waals surface area (Å²) in [5.74, 6) is 0.788. The van der Waals surface area contributed by atoms with Crippen molar-refractivity contribution in [2.45, 2.75) is 70.9 Å². The molecule has 2 aromatic carbocycles. The maximum absolute atomic E-state index is 12.7. The van der Waals surface area contributed by atoms with Gasteiger partial charge in [0.25, 0.3) is 0 Å². The fourth-order valence-corrected chi connectivity index (χ4v) is 4.14. The normalized spacial score (nSPS) is 17.0. The topological polar surface area (TPSA) is 0 Å². The molecule has 0 amide bonds. The number of benzene rings is 2. The summed E-state index contributed by atoms with van der Waals surface area (Å²) in [5.41, 5.74) is 4.07. The minimum Gasteiger partial charge on any atom is -0.166 e. The van der Waals surface area contributed by atoms with E-state index in [9.17, 15) is 13.2 Å². The van der Waals surface area contributed by atoms with E-state index in [2.05, 4.69) is 25.1 Å². The van der Waals surface area contributed by atoms with Crippen LogP contribution in [0, 0.1) is 5.92 Å². The molecule has 2 aromatic rings. The summed E-state index contributed by atoms with van der Waals surface area (Å²) in [5, 5.41) is 0. The van der Waals surface area contributed by atoms with Gasteiger partial charge >= 0.3 is 6.18 Å². The maximum Gasteiger partial charge on any atom is 0.416 e. The van der Waals surface area contributed by atoms with Gasteiger partial charge in [0.05, 0.1) is 5.56 Å². The number of aryl methyl sites for hydroxylation is 1. The van der Waals surface area contributed by atoms with Crippen molar-refractivity contribution in [1.29, 1.82) is 0 Å². The molecule has 1 atom stereocenters. The third kappa shape index (κ3) is 5.37. The van der Waals surface area contributed by atoms with E-state index in [1.807, 2.05) is 0 Å². The lowest BCUT2D eigenvalue weighted by molar-refractivity contribution is -0.137. The Balaban J connectivity index is 1.61. The van der Waals surface area contributed by atoms with E-state index >= 15 is 0 Å². The number of unbranched alkanes of at least 4 members (excludes halogenated alkanes) is 4. The van der Waals surface area contributed by atoms with Crippen LogP contribution in [0.4, 0.5) is 13.2 Å². The first kappa shape index (κ1) is 20.0. The molecule has 0 nitrogen and oxygen atoms in total. The van der Waals surface area contributed by atoms with Crippen LogP contribution in [0.25, 0.3) is 11.1 Å². The average molecular weight is 374 g/mol. The Labute approximate surface area is 160 Å². The molecule has 3 rings (SSSR count). The van der Waals surface area contributed by atoms with Crippen molar-refractivity contribution in [1.82, 2.24) is 0 Å². The van der Waals surface area contributed by atoms with Gasteiger partial charge in [-0.15, -0.1) is 0 Å². The standard InChI is InChI=1S/C24H29F3/c1-2-3-4-5-6-7-18-8-9-22-17-21(11-10-20(22)16-18)19-12-14-23(15-13-19)24(25,26)27/h10-15,17-18H,2-9,16H2,1H3. The summed E-state index contributed by atoms with van der Waals surface area (Å²) in [6.07, 6.45) is 7.20. The second-order valence-electron chi connectivity index (χ2n) is 7.87. The SMILES string of the molecule is CCCCCCCC1CCc2cc(-c3ccc(C(F)(F)F)cc3)ccc2C1. The number of fused-ring (bicyclic) bond motifs is 1. The third-order valence-corrected chi connectivity index (χ3v) is 5.80.